The second kappa shape index (κ2) is 7.82. The van der Waals surface area contributed by atoms with E-state index in [0.29, 0.717) is 29.0 Å². The summed E-state index contributed by atoms with van der Waals surface area (Å²) in [6, 6.07) is 15.8. The van der Waals surface area contributed by atoms with Crippen molar-refractivity contribution in [2.24, 2.45) is 0 Å². The Labute approximate surface area is 174 Å². The van der Waals surface area contributed by atoms with Gasteiger partial charge in [-0.05, 0) is 47.9 Å². The van der Waals surface area contributed by atoms with Crippen molar-refractivity contribution in [1.82, 2.24) is 0 Å². The van der Waals surface area contributed by atoms with Crippen LogP contribution in [0.1, 0.15) is 35.8 Å². The van der Waals surface area contributed by atoms with Gasteiger partial charge in [-0.3, -0.25) is 4.79 Å². The van der Waals surface area contributed by atoms with Gasteiger partial charge in [-0.15, -0.1) is 0 Å². The van der Waals surface area contributed by atoms with E-state index in [2.05, 4.69) is 5.32 Å². The number of hydrogen-bond donors (Lipinski definition) is 3. The van der Waals surface area contributed by atoms with Crippen LogP contribution in [0.25, 0.3) is 11.6 Å². The fourth-order valence-corrected chi connectivity index (χ4v) is 3.99. The highest BCUT2D eigenvalue weighted by molar-refractivity contribution is 6.01. The van der Waals surface area contributed by atoms with Gasteiger partial charge in [0, 0.05) is 12.7 Å². The maximum Gasteiger partial charge on any atom is 0.257 e. The number of phenols is 1. The Hall–Kier alpha value is -3.35. The van der Waals surface area contributed by atoms with Crippen LogP contribution in [0.2, 0.25) is 0 Å². The number of ether oxygens (including phenoxy) is 1. The van der Waals surface area contributed by atoms with Crippen molar-refractivity contribution < 1.29 is 24.2 Å². The lowest BCUT2D eigenvalue weighted by molar-refractivity contribution is -0.142. The smallest absolute Gasteiger partial charge is 0.257 e. The number of rotatable bonds is 5. The highest BCUT2D eigenvalue weighted by Gasteiger charge is 2.51. The first-order chi connectivity index (χ1) is 14.5. The summed E-state index contributed by atoms with van der Waals surface area (Å²) < 4.78 is 10.9. The van der Waals surface area contributed by atoms with Crippen LogP contribution in [-0.2, 0) is 15.1 Å². The quantitative estimate of drug-likeness (QED) is 0.593. The Balaban J connectivity index is 1.94. The van der Waals surface area contributed by atoms with Gasteiger partial charge in [-0.1, -0.05) is 37.3 Å². The zero-order chi connectivity index (χ0) is 21.3. The zero-order valence-corrected chi connectivity index (χ0v) is 16.8. The molecule has 4 rings (SSSR count). The molecule has 6 heteroatoms. The van der Waals surface area contributed by atoms with Crippen molar-refractivity contribution in [3.63, 3.8) is 0 Å². The molecule has 0 saturated carbocycles. The maximum absolute atomic E-state index is 12.7. The van der Waals surface area contributed by atoms with Crippen LogP contribution in [-0.4, -0.2) is 29.3 Å². The first-order valence-corrected chi connectivity index (χ1v) is 9.73. The Morgan fingerprint density at radius 3 is 2.60 bits per heavy atom. The third-order valence-electron chi connectivity index (χ3n) is 5.46. The van der Waals surface area contributed by atoms with Crippen LogP contribution in [0.4, 0.5) is 5.69 Å². The molecule has 154 valence electrons. The van der Waals surface area contributed by atoms with Crippen LogP contribution in [0.5, 0.6) is 5.75 Å². The molecule has 0 aliphatic carbocycles. The topological polar surface area (TPSA) is 91.9 Å². The van der Waals surface area contributed by atoms with Crippen molar-refractivity contribution in [1.29, 1.82) is 0 Å². The number of phenolic OH excluding ortho intramolecular Hbond substituents is 1. The molecule has 0 bridgehead atoms. The number of amides is 1. The molecule has 2 heterocycles. The minimum Gasteiger partial charge on any atom is -0.507 e. The van der Waals surface area contributed by atoms with Gasteiger partial charge in [0.2, 0.25) is 0 Å². The average molecular weight is 405 g/mol. The number of methoxy groups -OCH3 is 1. The maximum atomic E-state index is 12.7. The number of allylic oxidation sites excluding steroid dienone is 1. The lowest BCUT2D eigenvalue weighted by Gasteiger charge is -2.40. The summed E-state index contributed by atoms with van der Waals surface area (Å²) >= 11 is 0. The minimum atomic E-state index is -1.86. The molecular formula is C24H23NO5. The van der Waals surface area contributed by atoms with Crippen LogP contribution < -0.4 is 5.32 Å². The molecule has 0 radical (unpaired) electrons. The zero-order valence-electron chi connectivity index (χ0n) is 16.8. The SMILES string of the molecule is CC/C(=C\c1ccc2c(c1O)C(O)(c1ccccc1)C(OC)C(=O)N2)c1ccco1. The summed E-state index contributed by atoms with van der Waals surface area (Å²) in [6.45, 7) is 1.99. The average Bonchev–Trinajstić information content (AvgIpc) is 3.28. The number of aromatic hydroxyl groups is 1. The van der Waals surface area contributed by atoms with E-state index in [-0.39, 0.29) is 11.3 Å². The van der Waals surface area contributed by atoms with Gasteiger partial charge in [-0.2, -0.15) is 0 Å². The predicted octanol–water partition coefficient (Wildman–Crippen LogP) is 4.14. The van der Waals surface area contributed by atoms with Gasteiger partial charge in [0.05, 0.1) is 17.5 Å². The van der Waals surface area contributed by atoms with E-state index in [4.69, 9.17) is 9.15 Å². The molecule has 0 fully saturated rings. The molecule has 0 spiro atoms. The third kappa shape index (κ3) is 3.10. The molecular weight excluding hydrogens is 382 g/mol. The second-order valence-electron chi connectivity index (χ2n) is 7.16. The van der Waals surface area contributed by atoms with Crippen LogP contribution in [0, 0.1) is 0 Å². The Morgan fingerprint density at radius 1 is 1.20 bits per heavy atom. The number of benzene rings is 2. The molecule has 2 aromatic carbocycles. The molecule has 2 unspecified atom stereocenters. The van der Waals surface area contributed by atoms with Crippen molar-refractivity contribution in [2.45, 2.75) is 25.0 Å². The van der Waals surface area contributed by atoms with E-state index in [1.54, 1.807) is 48.7 Å². The molecule has 1 aliphatic rings. The number of hydrogen-bond acceptors (Lipinski definition) is 5. The van der Waals surface area contributed by atoms with Gasteiger partial charge in [-0.25, -0.2) is 0 Å². The Morgan fingerprint density at radius 2 is 1.97 bits per heavy atom. The van der Waals surface area contributed by atoms with Gasteiger partial charge < -0.3 is 24.7 Å². The lowest BCUT2D eigenvalue weighted by Crippen LogP contribution is -2.52. The van der Waals surface area contributed by atoms with E-state index in [1.165, 1.54) is 7.11 Å². The highest BCUT2D eigenvalue weighted by Crippen LogP contribution is 2.48. The molecule has 1 amide bonds. The van der Waals surface area contributed by atoms with Crippen molar-refractivity contribution in [3.8, 4) is 5.75 Å². The molecule has 0 saturated heterocycles. The van der Waals surface area contributed by atoms with Gasteiger partial charge in [0.1, 0.15) is 11.5 Å². The Bertz CT molecular complexity index is 1090. The molecule has 3 aromatic rings. The van der Waals surface area contributed by atoms with Crippen molar-refractivity contribution in [3.05, 3.63) is 83.3 Å². The number of fused-ring (bicyclic) bond motifs is 1. The number of furan rings is 1. The van der Waals surface area contributed by atoms with E-state index in [9.17, 15) is 15.0 Å². The largest absolute Gasteiger partial charge is 0.507 e. The van der Waals surface area contributed by atoms with Crippen molar-refractivity contribution >= 4 is 23.2 Å². The van der Waals surface area contributed by atoms with Gasteiger partial charge >= 0.3 is 0 Å². The summed E-state index contributed by atoms with van der Waals surface area (Å²) in [5.41, 5.74) is 0.517. The van der Waals surface area contributed by atoms with Crippen LogP contribution in [0.3, 0.4) is 0 Å². The predicted molar refractivity (Wildman–Crippen MR) is 114 cm³/mol. The minimum absolute atomic E-state index is 0.126. The first-order valence-electron chi connectivity index (χ1n) is 9.73. The number of carbonyl (C=O) groups excluding carboxylic acids is 1. The fourth-order valence-electron chi connectivity index (χ4n) is 3.99. The van der Waals surface area contributed by atoms with E-state index in [1.807, 2.05) is 25.1 Å². The molecule has 1 aromatic heterocycles. The molecule has 2 atom stereocenters. The molecule has 1 aliphatic heterocycles. The monoisotopic (exact) mass is 405 g/mol. The highest BCUT2D eigenvalue weighted by atomic mass is 16.5. The number of carbonyl (C=O) groups is 1. The van der Waals surface area contributed by atoms with E-state index in [0.717, 1.165) is 5.57 Å². The third-order valence-corrected chi connectivity index (χ3v) is 5.46. The summed E-state index contributed by atoms with van der Waals surface area (Å²) in [4.78, 5) is 12.7. The normalized spacial score (nSPS) is 21.2. The lowest BCUT2D eigenvalue weighted by atomic mass is 9.76. The van der Waals surface area contributed by atoms with Crippen molar-refractivity contribution in [2.75, 3.05) is 12.4 Å². The first kappa shape index (κ1) is 19.9. The van der Waals surface area contributed by atoms with Gasteiger partial charge in [0.25, 0.3) is 5.91 Å². The number of nitrogens with one attached hydrogen (secondary N) is 1. The van der Waals surface area contributed by atoms with Crippen LogP contribution >= 0.6 is 0 Å². The molecule has 30 heavy (non-hydrogen) atoms. The summed E-state index contributed by atoms with van der Waals surface area (Å²) in [7, 11) is 1.36. The molecule has 3 N–H and O–H groups in total. The Kier molecular flexibility index (Phi) is 5.20. The fraction of sp³-hybridized carbons (Fsp3) is 0.208. The summed E-state index contributed by atoms with van der Waals surface area (Å²) in [6.07, 6.45) is 2.87. The standard InChI is InChI=1S/C24H23NO5/c1-3-15(19-10-7-13-30-19)14-16-11-12-18-20(21(16)26)24(28,17-8-5-4-6-9-17)22(29-2)23(27)25-18/h4-14,22,26,28H,3H2,1-2H3,(H,25,27)/b15-14+. The molecule has 6 nitrogen and oxygen atoms in total. The number of anilines is 1. The van der Waals surface area contributed by atoms with E-state index >= 15 is 0 Å². The summed E-state index contributed by atoms with van der Waals surface area (Å²) in [5.74, 6) is 0.0956. The summed E-state index contributed by atoms with van der Waals surface area (Å²) in [5, 5.41) is 25.8. The van der Waals surface area contributed by atoms with Gasteiger partial charge in [0.15, 0.2) is 11.7 Å². The van der Waals surface area contributed by atoms with Crippen LogP contribution in [0.15, 0.2) is 65.3 Å². The van der Waals surface area contributed by atoms with E-state index < -0.39 is 17.6 Å². The number of aliphatic hydroxyl groups is 1. The second-order valence-corrected chi connectivity index (χ2v) is 7.16.